The molecule has 0 radical (unpaired) electrons. The Hall–Kier alpha value is -4.10. The van der Waals surface area contributed by atoms with Crippen LogP contribution in [0.3, 0.4) is 0 Å². The van der Waals surface area contributed by atoms with Gasteiger partial charge in [0.1, 0.15) is 5.65 Å². The number of benzene rings is 2. The van der Waals surface area contributed by atoms with Gasteiger partial charge in [-0.3, -0.25) is 14.1 Å². The number of aromatic nitrogens is 3. The van der Waals surface area contributed by atoms with E-state index in [-0.39, 0.29) is 11.4 Å². The molecular formula is C22H19N5O4S. The molecule has 4 rings (SSSR count). The Morgan fingerprint density at radius 3 is 2.53 bits per heavy atom. The maximum absolute atomic E-state index is 13.3. The van der Waals surface area contributed by atoms with E-state index in [1.54, 1.807) is 36.5 Å². The largest absolute Gasteiger partial charge is 0.347 e. The fourth-order valence-corrected chi connectivity index (χ4v) is 4.08. The van der Waals surface area contributed by atoms with Gasteiger partial charge in [0, 0.05) is 12.7 Å². The van der Waals surface area contributed by atoms with Crippen molar-refractivity contribution < 1.29 is 8.42 Å². The van der Waals surface area contributed by atoms with Gasteiger partial charge in [0.05, 0.1) is 34.6 Å². The first-order chi connectivity index (χ1) is 15.3. The molecule has 0 atom stereocenters. The second-order valence-electron chi connectivity index (χ2n) is 7.30. The highest BCUT2D eigenvalue weighted by Crippen LogP contribution is 2.15. The molecule has 0 fully saturated rings. The summed E-state index contributed by atoms with van der Waals surface area (Å²) in [5.74, 6) is 0. The Bertz CT molecular complexity index is 1570. The summed E-state index contributed by atoms with van der Waals surface area (Å²) in [7, 11) is -3.52. The summed E-state index contributed by atoms with van der Waals surface area (Å²) in [6.07, 6.45) is 3.12. The molecule has 2 aromatic carbocycles. The third-order valence-electron chi connectivity index (χ3n) is 4.97. The van der Waals surface area contributed by atoms with Gasteiger partial charge in [-0.25, -0.2) is 17.8 Å². The Morgan fingerprint density at radius 1 is 1.09 bits per heavy atom. The third kappa shape index (κ3) is 4.19. The fraction of sp³-hybridized carbons (Fsp3) is 0.136. The predicted molar refractivity (Wildman–Crippen MR) is 121 cm³/mol. The molecule has 9 nitrogen and oxygen atoms in total. The molecule has 0 spiro atoms. The number of H-pyrrole nitrogens is 1. The van der Waals surface area contributed by atoms with E-state index in [4.69, 9.17) is 5.26 Å². The first-order valence-corrected chi connectivity index (χ1v) is 11.6. The number of nitrogens with zero attached hydrogens (tertiary/aromatic N) is 3. The van der Waals surface area contributed by atoms with E-state index < -0.39 is 21.3 Å². The number of nitrogens with one attached hydrogen (secondary N) is 2. The number of rotatable bonds is 6. The molecule has 162 valence electrons. The number of sulfonamides is 1. The highest BCUT2D eigenvalue weighted by Gasteiger charge is 2.16. The van der Waals surface area contributed by atoms with E-state index in [1.165, 1.54) is 16.7 Å². The maximum atomic E-state index is 13.3. The van der Waals surface area contributed by atoms with E-state index in [0.717, 1.165) is 16.4 Å². The van der Waals surface area contributed by atoms with Gasteiger partial charge >= 0.3 is 5.69 Å². The molecule has 0 saturated carbocycles. The van der Waals surface area contributed by atoms with Crippen LogP contribution in [0.4, 0.5) is 5.69 Å². The van der Waals surface area contributed by atoms with Gasteiger partial charge in [0.25, 0.3) is 5.56 Å². The van der Waals surface area contributed by atoms with Crippen LogP contribution in [0.15, 0.2) is 70.4 Å². The molecule has 2 N–H and O–H groups in total. The number of nitriles is 1. The molecule has 0 bridgehead atoms. The molecule has 0 amide bonds. The van der Waals surface area contributed by atoms with Crippen molar-refractivity contribution >= 4 is 26.7 Å². The first kappa shape index (κ1) is 21.1. The average Bonchev–Trinajstić information content (AvgIpc) is 3.23. The van der Waals surface area contributed by atoms with Gasteiger partial charge in [-0.05, 0) is 48.4 Å². The molecule has 2 heterocycles. The minimum Gasteiger partial charge on any atom is -0.347 e. The second-order valence-corrected chi connectivity index (χ2v) is 9.05. The van der Waals surface area contributed by atoms with Crippen LogP contribution in [-0.2, 0) is 23.0 Å². The summed E-state index contributed by atoms with van der Waals surface area (Å²) < 4.78 is 28.0. The second kappa shape index (κ2) is 8.20. The molecule has 0 aliphatic heterocycles. The van der Waals surface area contributed by atoms with Crippen LogP contribution < -0.4 is 16.0 Å². The van der Waals surface area contributed by atoms with Gasteiger partial charge < -0.3 is 4.98 Å². The summed E-state index contributed by atoms with van der Waals surface area (Å²) in [5, 5.41) is 9.28. The van der Waals surface area contributed by atoms with E-state index in [2.05, 4.69) is 15.8 Å². The van der Waals surface area contributed by atoms with Crippen molar-refractivity contribution in [2.45, 2.75) is 13.0 Å². The summed E-state index contributed by atoms with van der Waals surface area (Å²) in [4.78, 5) is 29.4. The average molecular weight is 449 g/mol. The molecule has 0 unspecified atom stereocenters. The standard InChI is InChI=1S/C22H19N5O4S/c1-32(30,31)25-17-3-2-4-18(13-17)27-21(28)19-9-11-24-20(19)26(22(27)29)12-10-15-5-7-16(14-23)8-6-15/h2-9,11,13,24-25H,10,12H2,1H3. The molecule has 0 aliphatic carbocycles. The lowest BCUT2D eigenvalue weighted by molar-refractivity contribution is 0.607. The minimum absolute atomic E-state index is 0.245. The van der Waals surface area contributed by atoms with Crippen molar-refractivity contribution in [1.82, 2.24) is 14.1 Å². The molecular weight excluding hydrogens is 430 g/mol. The minimum atomic E-state index is -3.52. The zero-order chi connectivity index (χ0) is 22.9. The molecule has 2 aromatic heterocycles. The molecule has 0 saturated heterocycles. The van der Waals surface area contributed by atoms with Gasteiger partial charge in [0.2, 0.25) is 10.0 Å². The monoisotopic (exact) mass is 449 g/mol. The van der Waals surface area contributed by atoms with Gasteiger partial charge in [-0.2, -0.15) is 5.26 Å². The van der Waals surface area contributed by atoms with E-state index >= 15 is 0 Å². The quantitative estimate of drug-likeness (QED) is 0.465. The van der Waals surface area contributed by atoms with E-state index in [0.29, 0.717) is 29.6 Å². The van der Waals surface area contributed by atoms with Crippen molar-refractivity contribution in [3.63, 3.8) is 0 Å². The Morgan fingerprint density at radius 2 is 1.84 bits per heavy atom. The number of hydrogen-bond acceptors (Lipinski definition) is 5. The van der Waals surface area contributed by atoms with Gasteiger partial charge in [0.15, 0.2) is 0 Å². The van der Waals surface area contributed by atoms with Gasteiger partial charge in [-0.15, -0.1) is 0 Å². The lowest BCUT2D eigenvalue weighted by Gasteiger charge is -2.13. The highest BCUT2D eigenvalue weighted by atomic mass is 32.2. The van der Waals surface area contributed by atoms with Crippen LogP contribution in [0.25, 0.3) is 16.7 Å². The number of hydrogen-bond donors (Lipinski definition) is 2. The van der Waals surface area contributed by atoms with Gasteiger partial charge in [-0.1, -0.05) is 18.2 Å². The Balaban J connectivity index is 1.80. The molecule has 4 aromatic rings. The van der Waals surface area contributed by atoms with Crippen LogP contribution in [0.1, 0.15) is 11.1 Å². The van der Waals surface area contributed by atoms with E-state index in [1.807, 2.05) is 12.1 Å². The number of aryl methyl sites for hydroxylation is 2. The number of anilines is 1. The zero-order valence-corrected chi connectivity index (χ0v) is 17.9. The van der Waals surface area contributed by atoms with Crippen LogP contribution in [-0.4, -0.2) is 28.8 Å². The Labute approximate surface area is 183 Å². The van der Waals surface area contributed by atoms with Crippen molar-refractivity contribution in [1.29, 1.82) is 5.26 Å². The smallest absolute Gasteiger partial charge is 0.337 e. The molecule has 0 aliphatic rings. The topological polar surface area (TPSA) is 130 Å². The first-order valence-electron chi connectivity index (χ1n) is 9.67. The van der Waals surface area contributed by atoms with Crippen molar-refractivity contribution in [2.24, 2.45) is 0 Å². The summed E-state index contributed by atoms with van der Waals surface area (Å²) in [5.41, 5.74) is 1.35. The SMILES string of the molecule is CS(=O)(=O)Nc1cccc(-n2c(=O)c3cc[nH]c3n(CCc3ccc(C#N)cc3)c2=O)c1. The van der Waals surface area contributed by atoms with Crippen LogP contribution in [0, 0.1) is 11.3 Å². The fourth-order valence-electron chi connectivity index (χ4n) is 3.52. The summed E-state index contributed by atoms with van der Waals surface area (Å²) in [6, 6.07) is 16.9. The molecule has 10 heteroatoms. The van der Waals surface area contributed by atoms with Crippen LogP contribution >= 0.6 is 0 Å². The molecule has 32 heavy (non-hydrogen) atoms. The highest BCUT2D eigenvalue weighted by molar-refractivity contribution is 7.92. The third-order valence-corrected chi connectivity index (χ3v) is 5.57. The maximum Gasteiger partial charge on any atom is 0.337 e. The normalized spacial score (nSPS) is 11.4. The lowest BCUT2D eigenvalue weighted by Crippen LogP contribution is -2.39. The lowest BCUT2D eigenvalue weighted by atomic mass is 10.1. The van der Waals surface area contributed by atoms with Crippen LogP contribution in [0.5, 0.6) is 0 Å². The summed E-state index contributed by atoms with van der Waals surface area (Å²) in [6.45, 7) is 0.295. The van der Waals surface area contributed by atoms with Crippen molar-refractivity contribution in [2.75, 3.05) is 11.0 Å². The van der Waals surface area contributed by atoms with Crippen molar-refractivity contribution in [3.05, 3.63) is 92.8 Å². The number of fused-ring (bicyclic) bond motifs is 1. The van der Waals surface area contributed by atoms with Crippen LogP contribution in [0.2, 0.25) is 0 Å². The number of aromatic amines is 1. The predicted octanol–water partition coefficient (Wildman–Crippen LogP) is 1.97. The zero-order valence-electron chi connectivity index (χ0n) is 17.1. The van der Waals surface area contributed by atoms with Crippen molar-refractivity contribution in [3.8, 4) is 11.8 Å². The van der Waals surface area contributed by atoms with E-state index in [9.17, 15) is 18.0 Å². The summed E-state index contributed by atoms with van der Waals surface area (Å²) >= 11 is 0. The Kier molecular flexibility index (Phi) is 5.42.